The standard InChI is InChI=1S/C10H20F3N3O/c1-3-5-16(7-10(11,12)13)6-4-8(15-2)9(14)17/h8,15H,3-7H2,1-2H3,(H2,14,17). The van der Waals surface area contributed by atoms with Gasteiger partial charge in [-0.15, -0.1) is 0 Å². The van der Waals surface area contributed by atoms with Crippen LogP contribution in [0.15, 0.2) is 0 Å². The number of hydrogen-bond donors (Lipinski definition) is 2. The van der Waals surface area contributed by atoms with E-state index in [1.54, 1.807) is 7.05 Å². The number of amides is 1. The molecule has 17 heavy (non-hydrogen) atoms. The van der Waals surface area contributed by atoms with Crippen molar-refractivity contribution in [3.8, 4) is 0 Å². The normalized spacial score (nSPS) is 14.0. The van der Waals surface area contributed by atoms with Gasteiger partial charge in [-0.25, -0.2) is 0 Å². The van der Waals surface area contributed by atoms with Crippen molar-refractivity contribution >= 4 is 5.91 Å². The number of likely N-dealkylation sites (N-methyl/N-ethyl adjacent to an activating group) is 1. The topological polar surface area (TPSA) is 58.4 Å². The quantitative estimate of drug-likeness (QED) is 0.672. The molecule has 1 amide bonds. The molecule has 3 N–H and O–H groups in total. The first kappa shape index (κ1) is 16.2. The van der Waals surface area contributed by atoms with Gasteiger partial charge in [-0.05, 0) is 26.4 Å². The summed E-state index contributed by atoms with van der Waals surface area (Å²) in [6.07, 6.45) is -3.30. The lowest BCUT2D eigenvalue weighted by atomic mass is 10.2. The molecule has 0 aromatic carbocycles. The van der Waals surface area contributed by atoms with Crippen LogP contribution in [0.2, 0.25) is 0 Å². The Balaban J connectivity index is 4.20. The third-order valence-electron chi connectivity index (χ3n) is 2.37. The summed E-state index contributed by atoms with van der Waals surface area (Å²) < 4.78 is 36.7. The summed E-state index contributed by atoms with van der Waals surface area (Å²) in [5.74, 6) is -0.545. The van der Waals surface area contributed by atoms with Crippen LogP contribution in [-0.4, -0.2) is 49.7 Å². The zero-order chi connectivity index (χ0) is 13.5. The third-order valence-corrected chi connectivity index (χ3v) is 2.37. The Labute approximate surface area is 99.3 Å². The number of nitrogens with zero attached hydrogens (tertiary/aromatic N) is 1. The van der Waals surface area contributed by atoms with E-state index in [0.717, 1.165) is 0 Å². The summed E-state index contributed by atoms with van der Waals surface area (Å²) in [7, 11) is 1.56. The van der Waals surface area contributed by atoms with Gasteiger partial charge in [0.15, 0.2) is 0 Å². The van der Waals surface area contributed by atoms with Gasteiger partial charge in [-0.3, -0.25) is 9.69 Å². The molecule has 0 heterocycles. The fraction of sp³-hybridized carbons (Fsp3) is 0.900. The first-order valence-corrected chi connectivity index (χ1v) is 5.55. The number of primary amides is 1. The Morgan fingerprint density at radius 2 is 2.00 bits per heavy atom. The van der Waals surface area contributed by atoms with Crippen molar-refractivity contribution in [2.75, 3.05) is 26.7 Å². The Hall–Kier alpha value is -0.820. The summed E-state index contributed by atoms with van der Waals surface area (Å²) in [6.45, 7) is 1.42. The van der Waals surface area contributed by atoms with Crippen LogP contribution in [0, 0.1) is 0 Å². The lowest BCUT2D eigenvalue weighted by Gasteiger charge is -2.24. The lowest BCUT2D eigenvalue weighted by molar-refractivity contribution is -0.146. The molecule has 7 heteroatoms. The maximum absolute atomic E-state index is 12.2. The molecule has 0 aromatic rings. The maximum Gasteiger partial charge on any atom is 0.401 e. The average molecular weight is 255 g/mol. The molecule has 1 atom stereocenters. The molecule has 0 rings (SSSR count). The zero-order valence-corrected chi connectivity index (χ0v) is 10.2. The van der Waals surface area contributed by atoms with Crippen LogP contribution < -0.4 is 11.1 Å². The molecule has 0 aliphatic heterocycles. The first-order chi connectivity index (χ1) is 7.80. The molecule has 0 saturated carbocycles. The molecular weight excluding hydrogens is 235 g/mol. The van der Waals surface area contributed by atoms with Gasteiger partial charge in [-0.1, -0.05) is 6.92 Å². The second-order valence-corrected chi connectivity index (χ2v) is 3.92. The van der Waals surface area contributed by atoms with E-state index in [1.165, 1.54) is 4.90 Å². The number of carbonyl (C=O) groups excluding carboxylic acids is 1. The van der Waals surface area contributed by atoms with Gasteiger partial charge in [0.1, 0.15) is 0 Å². The number of carbonyl (C=O) groups is 1. The van der Waals surface area contributed by atoms with Gasteiger partial charge in [0.2, 0.25) is 5.91 Å². The van der Waals surface area contributed by atoms with Gasteiger partial charge < -0.3 is 11.1 Å². The minimum absolute atomic E-state index is 0.196. The number of rotatable bonds is 8. The summed E-state index contributed by atoms with van der Waals surface area (Å²) >= 11 is 0. The monoisotopic (exact) mass is 255 g/mol. The molecule has 4 nitrogen and oxygen atoms in total. The van der Waals surface area contributed by atoms with Crippen molar-refractivity contribution in [3.05, 3.63) is 0 Å². The van der Waals surface area contributed by atoms with Gasteiger partial charge in [0.05, 0.1) is 12.6 Å². The van der Waals surface area contributed by atoms with Crippen molar-refractivity contribution in [2.45, 2.75) is 32.0 Å². The van der Waals surface area contributed by atoms with E-state index in [4.69, 9.17) is 5.73 Å². The van der Waals surface area contributed by atoms with Crippen LogP contribution in [0.3, 0.4) is 0 Å². The number of alkyl halides is 3. The number of nitrogens with two attached hydrogens (primary N) is 1. The molecule has 0 aliphatic carbocycles. The van der Waals surface area contributed by atoms with Crippen LogP contribution >= 0.6 is 0 Å². The van der Waals surface area contributed by atoms with Gasteiger partial charge >= 0.3 is 6.18 Å². The fourth-order valence-electron chi connectivity index (χ4n) is 1.58. The summed E-state index contributed by atoms with van der Waals surface area (Å²) in [5.41, 5.74) is 5.09. The summed E-state index contributed by atoms with van der Waals surface area (Å²) in [5, 5.41) is 2.68. The summed E-state index contributed by atoms with van der Waals surface area (Å²) in [6, 6.07) is -0.581. The predicted octanol–water partition coefficient (Wildman–Crippen LogP) is 0.724. The van der Waals surface area contributed by atoms with Gasteiger partial charge in [0, 0.05) is 6.54 Å². The van der Waals surface area contributed by atoms with Gasteiger partial charge in [0.25, 0.3) is 0 Å². The van der Waals surface area contributed by atoms with Crippen LogP contribution in [0.25, 0.3) is 0 Å². The number of halogens is 3. The largest absolute Gasteiger partial charge is 0.401 e. The van der Waals surface area contributed by atoms with E-state index in [9.17, 15) is 18.0 Å². The first-order valence-electron chi connectivity index (χ1n) is 5.55. The summed E-state index contributed by atoms with van der Waals surface area (Å²) in [4.78, 5) is 12.2. The third kappa shape index (κ3) is 7.98. The maximum atomic E-state index is 12.2. The average Bonchev–Trinajstić information content (AvgIpc) is 2.15. The fourth-order valence-corrected chi connectivity index (χ4v) is 1.58. The number of nitrogens with one attached hydrogen (secondary N) is 1. The Morgan fingerprint density at radius 1 is 1.41 bits per heavy atom. The van der Waals surface area contributed by atoms with Crippen molar-refractivity contribution in [2.24, 2.45) is 5.73 Å². The van der Waals surface area contributed by atoms with E-state index < -0.39 is 24.7 Å². The minimum Gasteiger partial charge on any atom is -0.368 e. The van der Waals surface area contributed by atoms with Crippen LogP contribution in [0.4, 0.5) is 13.2 Å². The van der Waals surface area contributed by atoms with Crippen LogP contribution in [-0.2, 0) is 4.79 Å². The molecule has 0 spiro atoms. The highest BCUT2D eigenvalue weighted by Crippen LogP contribution is 2.16. The van der Waals surface area contributed by atoms with Crippen molar-refractivity contribution < 1.29 is 18.0 Å². The molecule has 0 fully saturated rings. The van der Waals surface area contributed by atoms with Gasteiger partial charge in [-0.2, -0.15) is 13.2 Å². The molecule has 102 valence electrons. The van der Waals surface area contributed by atoms with Crippen LogP contribution in [0.1, 0.15) is 19.8 Å². The molecule has 1 unspecified atom stereocenters. The second-order valence-electron chi connectivity index (χ2n) is 3.92. The molecule has 0 bridgehead atoms. The second kappa shape index (κ2) is 7.50. The van der Waals surface area contributed by atoms with Crippen LogP contribution in [0.5, 0.6) is 0 Å². The minimum atomic E-state index is -4.21. The SMILES string of the molecule is CCCN(CCC(NC)C(N)=O)CC(F)(F)F. The van der Waals surface area contributed by atoms with Crippen molar-refractivity contribution in [1.82, 2.24) is 10.2 Å². The van der Waals surface area contributed by atoms with E-state index in [1.807, 2.05) is 6.92 Å². The Kier molecular flexibility index (Phi) is 7.13. The zero-order valence-electron chi connectivity index (χ0n) is 10.2. The molecule has 0 radical (unpaired) electrons. The van der Waals surface area contributed by atoms with Crippen molar-refractivity contribution in [3.63, 3.8) is 0 Å². The van der Waals surface area contributed by atoms with Crippen molar-refractivity contribution in [1.29, 1.82) is 0 Å². The van der Waals surface area contributed by atoms with E-state index in [2.05, 4.69) is 5.32 Å². The lowest BCUT2D eigenvalue weighted by Crippen LogP contribution is -2.43. The molecular formula is C10H20F3N3O. The molecule has 0 aliphatic rings. The highest BCUT2D eigenvalue weighted by molar-refractivity contribution is 5.79. The molecule has 0 saturated heterocycles. The predicted molar refractivity (Wildman–Crippen MR) is 59.4 cm³/mol. The molecule has 0 aromatic heterocycles. The van der Waals surface area contributed by atoms with E-state index in [0.29, 0.717) is 13.0 Å². The highest BCUT2D eigenvalue weighted by Gasteiger charge is 2.30. The Morgan fingerprint density at radius 3 is 2.35 bits per heavy atom. The smallest absolute Gasteiger partial charge is 0.368 e. The highest BCUT2D eigenvalue weighted by atomic mass is 19.4. The Bertz CT molecular complexity index is 233. The van der Waals surface area contributed by atoms with E-state index in [-0.39, 0.29) is 13.0 Å². The number of hydrogen-bond acceptors (Lipinski definition) is 3. The van der Waals surface area contributed by atoms with E-state index >= 15 is 0 Å².